The summed E-state index contributed by atoms with van der Waals surface area (Å²) in [5.41, 5.74) is 5.66. The molecule has 0 aromatic rings. The van der Waals surface area contributed by atoms with E-state index >= 15 is 0 Å². The molecular formula is C15H26N2O2. The molecule has 108 valence electrons. The summed E-state index contributed by atoms with van der Waals surface area (Å²) in [4.78, 5) is 14.7. The fourth-order valence-electron chi connectivity index (χ4n) is 4.07. The van der Waals surface area contributed by atoms with Gasteiger partial charge in [0.1, 0.15) is 0 Å². The van der Waals surface area contributed by atoms with Gasteiger partial charge in [0.15, 0.2) is 0 Å². The Labute approximate surface area is 115 Å². The Morgan fingerprint density at radius 1 is 1.16 bits per heavy atom. The summed E-state index contributed by atoms with van der Waals surface area (Å²) < 4.78 is 5.81. The Morgan fingerprint density at radius 2 is 1.89 bits per heavy atom. The molecule has 4 unspecified atom stereocenters. The van der Waals surface area contributed by atoms with Crippen molar-refractivity contribution in [1.29, 1.82) is 0 Å². The van der Waals surface area contributed by atoms with E-state index in [1.165, 1.54) is 12.8 Å². The summed E-state index contributed by atoms with van der Waals surface area (Å²) in [6.45, 7) is 2.41. The number of rotatable bonds is 3. The molecule has 19 heavy (non-hydrogen) atoms. The molecule has 2 heterocycles. The van der Waals surface area contributed by atoms with Crippen LogP contribution in [0.15, 0.2) is 0 Å². The number of fused-ring (bicyclic) bond motifs is 2. The second-order valence-corrected chi connectivity index (χ2v) is 6.51. The first-order valence-electron chi connectivity index (χ1n) is 7.90. The van der Waals surface area contributed by atoms with Crippen LogP contribution in [-0.2, 0) is 9.53 Å². The molecule has 2 saturated heterocycles. The van der Waals surface area contributed by atoms with Crippen molar-refractivity contribution in [2.24, 2.45) is 17.6 Å². The molecule has 4 atom stereocenters. The summed E-state index contributed by atoms with van der Waals surface area (Å²) >= 11 is 0. The van der Waals surface area contributed by atoms with Gasteiger partial charge in [-0.2, -0.15) is 0 Å². The van der Waals surface area contributed by atoms with Gasteiger partial charge in [-0.3, -0.25) is 4.79 Å². The van der Waals surface area contributed by atoms with Crippen molar-refractivity contribution in [3.8, 4) is 0 Å². The fraction of sp³-hybridized carbons (Fsp3) is 0.933. The Bertz CT molecular complexity index is 320. The number of hydrogen-bond donors (Lipinski definition) is 1. The van der Waals surface area contributed by atoms with Gasteiger partial charge in [0.2, 0.25) is 5.91 Å². The topological polar surface area (TPSA) is 55.6 Å². The minimum absolute atomic E-state index is 0.253. The van der Waals surface area contributed by atoms with E-state index in [-0.39, 0.29) is 5.92 Å². The summed E-state index contributed by atoms with van der Waals surface area (Å²) in [5.74, 6) is 1.31. The molecule has 2 bridgehead atoms. The van der Waals surface area contributed by atoms with E-state index in [0.29, 0.717) is 24.0 Å². The van der Waals surface area contributed by atoms with Crippen LogP contribution >= 0.6 is 0 Å². The zero-order valence-electron chi connectivity index (χ0n) is 11.7. The van der Waals surface area contributed by atoms with Gasteiger partial charge < -0.3 is 15.4 Å². The molecule has 3 rings (SSSR count). The molecular weight excluding hydrogens is 240 g/mol. The average Bonchev–Trinajstić information content (AvgIpc) is 2.77. The highest BCUT2D eigenvalue weighted by Crippen LogP contribution is 2.34. The van der Waals surface area contributed by atoms with Crippen molar-refractivity contribution >= 4 is 5.91 Å². The third-order valence-electron chi connectivity index (χ3n) is 5.06. The van der Waals surface area contributed by atoms with Crippen LogP contribution in [0.3, 0.4) is 0 Å². The maximum Gasteiger partial charge on any atom is 0.225 e. The van der Waals surface area contributed by atoms with Crippen molar-refractivity contribution in [3.05, 3.63) is 0 Å². The minimum atomic E-state index is 0.253. The van der Waals surface area contributed by atoms with Gasteiger partial charge in [0.25, 0.3) is 0 Å². The van der Waals surface area contributed by atoms with Gasteiger partial charge in [-0.05, 0) is 44.6 Å². The Balaban J connectivity index is 1.57. The van der Waals surface area contributed by atoms with Crippen LogP contribution in [0.1, 0.15) is 44.9 Å². The lowest BCUT2D eigenvalue weighted by atomic mass is 9.79. The van der Waals surface area contributed by atoms with Gasteiger partial charge in [-0.1, -0.05) is 12.8 Å². The van der Waals surface area contributed by atoms with Crippen LogP contribution in [0.4, 0.5) is 0 Å². The highest BCUT2D eigenvalue weighted by Gasteiger charge is 2.38. The first-order valence-corrected chi connectivity index (χ1v) is 7.90. The number of nitrogens with two attached hydrogens (primary N) is 1. The van der Waals surface area contributed by atoms with Crippen LogP contribution in [0.25, 0.3) is 0 Å². The van der Waals surface area contributed by atoms with E-state index in [2.05, 4.69) is 4.90 Å². The molecule has 4 nitrogen and oxygen atoms in total. The smallest absolute Gasteiger partial charge is 0.225 e. The molecule has 2 N–H and O–H groups in total. The number of carbonyl (C=O) groups excluding carboxylic acids is 1. The predicted molar refractivity (Wildman–Crippen MR) is 73.6 cm³/mol. The summed E-state index contributed by atoms with van der Waals surface area (Å²) in [7, 11) is 0. The number of ether oxygens (including phenoxy) is 1. The standard InChI is InChI=1S/C15H26N2O2/c16-7-6-11-2-1-3-12(8-11)15(18)17-9-13-4-5-14(10-17)19-13/h11-14H,1-10,16H2. The van der Waals surface area contributed by atoms with Crippen LogP contribution in [0, 0.1) is 11.8 Å². The van der Waals surface area contributed by atoms with Crippen molar-refractivity contribution in [2.45, 2.75) is 57.2 Å². The first-order chi connectivity index (χ1) is 9.26. The van der Waals surface area contributed by atoms with Crippen LogP contribution in [0.2, 0.25) is 0 Å². The van der Waals surface area contributed by atoms with E-state index in [9.17, 15) is 4.79 Å². The summed E-state index contributed by atoms with van der Waals surface area (Å²) in [6, 6.07) is 0. The van der Waals surface area contributed by atoms with E-state index in [1.54, 1.807) is 0 Å². The average molecular weight is 266 g/mol. The largest absolute Gasteiger partial charge is 0.371 e. The lowest BCUT2D eigenvalue weighted by molar-refractivity contribution is -0.145. The van der Waals surface area contributed by atoms with Crippen molar-refractivity contribution in [1.82, 2.24) is 4.90 Å². The van der Waals surface area contributed by atoms with E-state index in [0.717, 1.165) is 51.7 Å². The van der Waals surface area contributed by atoms with Crippen molar-refractivity contribution < 1.29 is 9.53 Å². The van der Waals surface area contributed by atoms with E-state index < -0.39 is 0 Å². The summed E-state index contributed by atoms with van der Waals surface area (Å²) in [6.07, 6.45) is 8.56. The third-order valence-corrected chi connectivity index (χ3v) is 5.06. The maximum atomic E-state index is 12.7. The molecule has 0 aromatic carbocycles. The monoisotopic (exact) mass is 266 g/mol. The minimum Gasteiger partial charge on any atom is -0.371 e. The predicted octanol–water partition coefficient (Wildman–Crippen LogP) is 1.53. The number of likely N-dealkylation sites (tertiary alicyclic amines) is 1. The highest BCUT2D eigenvalue weighted by molar-refractivity contribution is 5.79. The zero-order valence-corrected chi connectivity index (χ0v) is 11.7. The van der Waals surface area contributed by atoms with Gasteiger partial charge in [-0.25, -0.2) is 0 Å². The van der Waals surface area contributed by atoms with E-state index in [4.69, 9.17) is 10.5 Å². The zero-order chi connectivity index (χ0) is 13.2. The third kappa shape index (κ3) is 2.95. The van der Waals surface area contributed by atoms with E-state index in [1.807, 2.05) is 0 Å². The SMILES string of the molecule is NCCC1CCCC(C(=O)N2CC3CCC(C2)O3)C1. The number of morpholine rings is 1. The first kappa shape index (κ1) is 13.4. The molecule has 0 spiro atoms. The Hall–Kier alpha value is -0.610. The molecule has 3 fully saturated rings. The molecule has 0 radical (unpaired) electrons. The highest BCUT2D eigenvalue weighted by atomic mass is 16.5. The lowest BCUT2D eigenvalue weighted by Crippen LogP contribution is -2.48. The van der Waals surface area contributed by atoms with Crippen LogP contribution in [0.5, 0.6) is 0 Å². The van der Waals surface area contributed by atoms with Gasteiger partial charge in [-0.15, -0.1) is 0 Å². The quantitative estimate of drug-likeness (QED) is 0.843. The molecule has 1 aliphatic carbocycles. The van der Waals surface area contributed by atoms with Crippen molar-refractivity contribution in [3.63, 3.8) is 0 Å². The molecule has 2 aliphatic heterocycles. The number of nitrogens with zero attached hydrogens (tertiary/aromatic N) is 1. The van der Waals surface area contributed by atoms with Crippen LogP contribution in [-0.4, -0.2) is 42.6 Å². The molecule has 0 aromatic heterocycles. The van der Waals surface area contributed by atoms with Crippen molar-refractivity contribution in [2.75, 3.05) is 19.6 Å². The second kappa shape index (κ2) is 5.80. The Kier molecular flexibility index (Phi) is 4.08. The summed E-state index contributed by atoms with van der Waals surface area (Å²) in [5, 5.41) is 0. The molecule has 3 aliphatic rings. The molecule has 4 heteroatoms. The Morgan fingerprint density at radius 3 is 2.58 bits per heavy atom. The number of carbonyl (C=O) groups is 1. The van der Waals surface area contributed by atoms with Gasteiger partial charge in [0.05, 0.1) is 12.2 Å². The lowest BCUT2D eigenvalue weighted by Gasteiger charge is -2.37. The normalized spacial score (nSPS) is 38.5. The molecule has 1 amide bonds. The number of hydrogen-bond acceptors (Lipinski definition) is 3. The fourth-order valence-corrected chi connectivity index (χ4v) is 4.07. The second-order valence-electron chi connectivity index (χ2n) is 6.51. The van der Waals surface area contributed by atoms with Gasteiger partial charge in [0, 0.05) is 19.0 Å². The van der Waals surface area contributed by atoms with Crippen LogP contribution < -0.4 is 5.73 Å². The molecule has 1 saturated carbocycles. The maximum absolute atomic E-state index is 12.7. The number of amides is 1. The van der Waals surface area contributed by atoms with Gasteiger partial charge >= 0.3 is 0 Å².